The zero-order valence-corrected chi connectivity index (χ0v) is 17.1. The molecule has 2 heterocycles. The van der Waals surface area contributed by atoms with Crippen LogP contribution in [-0.4, -0.2) is 25.2 Å². The first-order valence-electron chi connectivity index (χ1n) is 8.61. The maximum Gasteiger partial charge on any atom is 0.328 e. The molecule has 1 fully saturated rings. The highest BCUT2D eigenvalue weighted by Gasteiger charge is 2.35. The van der Waals surface area contributed by atoms with Crippen LogP contribution in [-0.2, 0) is 25.4 Å². The lowest BCUT2D eigenvalue weighted by molar-refractivity contribution is -0.123. The fourth-order valence-electron chi connectivity index (χ4n) is 3.24. The van der Waals surface area contributed by atoms with Crippen molar-refractivity contribution in [2.24, 2.45) is 14.1 Å². The molecule has 0 unspecified atom stereocenters. The quantitative estimate of drug-likeness (QED) is 0.590. The topological polar surface area (TPSA) is 64.3 Å². The second-order valence-corrected chi connectivity index (χ2v) is 8.02. The van der Waals surface area contributed by atoms with Crippen LogP contribution in [0.2, 0.25) is 5.02 Å². The van der Waals surface area contributed by atoms with E-state index in [1.54, 1.807) is 38.4 Å². The second-order valence-electron chi connectivity index (χ2n) is 6.62. The minimum Gasteiger partial charge on any atom is -0.295 e. The van der Waals surface area contributed by atoms with Crippen molar-refractivity contribution in [3.8, 4) is 0 Å². The number of carbonyl (C=O) groups is 2. The van der Waals surface area contributed by atoms with Gasteiger partial charge in [0.25, 0.3) is 11.1 Å². The molecule has 0 N–H and O–H groups in total. The number of thioether (sulfide) groups is 1. The van der Waals surface area contributed by atoms with Crippen LogP contribution in [0.5, 0.6) is 0 Å². The number of amides is 2. The Morgan fingerprint density at radius 2 is 1.79 bits per heavy atom. The first kappa shape index (κ1) is 19.5. The Balaban J connectivity index is 1.66. The summed E-state index contributed by atoms with van der Waals surface area (Å²) in [6.07, 6.45) is 1.59. The normalized spacial score (nSPS) is 15.9. The third kappa shape index (κ3) is 3.28. The highest BCUT2D eigenvalue weighted by molar-refractivity contribution is 8.18. The van der Waals surface area contributed by atoms with Crippen LogP contribution in [0.15, 0.2) is 46.1 Å². The van der Waals surface area contributed by atoms with Crippen LogP contribution in [0.25, 0.3) is 17.1 Å². The lowest BCUT2D eigenvalue weighted by atomic mass is 10.1. The Morgan fingerprint density at radius 1 is 1.07 bits per heavy atom. The van der Waals surface area contributed by atoms with Gasteiger partial charge in [0.15, 0.2) is 0 Å². The third-order valence-corrected chi connectivity index (χ3v) is 6.11. The summed E-state index contributed by atoms with van der Waals surface area (Å²) in [7, 11) is 3.35. The van der Waals surface area contributed by atoms with E-state index in [0.717, 1.165) is 22.2 Å². The lowest BCUT2D eigenvalue weighted by Gasteiger charge is -2.14. The molecule has 0 bridgehead atoms. The summed E-state index contributed by atoms with van der Waals surface area (Å²) in [4.78, 5) is 38.3. The molecule has 4 rings (SSSR count). The molecule has 0 radical (unpaired) electrons. The van der Waals surface area contributed by atoms with Crippen LogP contribution in [0, 0.1) is 5.82 Å². The van der Waals surface area contributed by atoms with Gasteiger partial charge < -0.3 is 0 Å². The van der Waals surface area contributed by atoms with Crippen LogP contribution >= 0.6 is 23.4 Å². The Morgan fingerprint density at radius 3 is 2.52 bits per heavy atom. The van der Waals surface area contributed by atoms with Gasteiger partial charge in [-0.1, -0.05) is 23.7 Å². The van der Waals surface area contributed by atoms with E-state index in [-0.39, 0.29) is 27.7 Å². The van der Waals surface area contributed by atoms with E-state index < -0.39 is 17.0 Å². The van der Waals surface area contributed by atoms with Crippen molar-refractivity contribution in [2.45, 2.75) is 6.54 Å². The van der Waals surface area contributed by atoms with E-state index in [2.05, 4.69) is 0 Å². The van der Waals surface area contributed by atoms with Crippen LogP contribution < -0.4 is 5.69 Å². The van der Waals surface area contributed by atoms with Gasteiger partial charge in [-0.3, -0.25) is 23.6 Å². The minimum absolute atomic E-state index is 0.0958. The van der Waals surface area contributed by atoms with Gasteiger partial charge in [-0.15, -0.1) is 0 Å². The SMILES string of the molecule is Cn1c(=O)n(C)c2cc(C=C3SC(=O)N(Cc4c(F)cccc4Cl)C3=O)ccc21. The third-order valence-electron chi connectivity index (χ3n) is 4.85. The predicted molar refractivity (Wildman–Crippen MR) is 111 cm³/mol. The standard InChI is InChI=1S/C20H15ClFN3O3S/c1-23-15-7-6-11(8-16(15)24(2)19(23)27)9-17-18(26)25(20(28)29-17)10-12-13(21)4-3-5-14(12)22/h3-9H,10H2,1-2H3. The molecule has 9 heteroatoms. The Hall–Kier alpha value is -2.84. The van der Waals surface area contributed by atoms with Crippen LogP contribution in [0.3, 0.4) is 0 Å². The van der Waals surface area contributed by atoms with Crippen molar-refractivity contribution in [1.29, 1.82) is 0 Å². The molecule has 2 amide bonds. The van der Waals surface area contributed by atoms with Gasteiger partial charge in [-0.2, -0.15) is 0 Å². The average Bonchev–Trinajstić information content (AvgIpc) is 3.07. The lowest BCUT2D eigenvalue weighted by Crippen LogP contribution is -2.28. The number of aryl methyl sites for hydroxylation is 2. The molecule has 1 saturated heterocycles. The zero-order valence-electron chi connectivity index (χ0n) is 15.5. The summed E-state index contributed by atoms with van der Waals surface area (Å²) in [6, 6.07) is 9.53. The molecule has 1 aliphatic rings. The van der Waals surface area contributed by atoms with Gasteiger partial charge >= 0.3 is 5.69 Å². The van der Waals surface area contributed by atoms with Gasteiger partial charge in [0.1, 0.15) is 5.82 Å². The number of nitrogens with zero attached hydrogens (tertiary/aromatic N) is 3. The van der Waals surface area contributed by atoms with E-state index >= 15 is 0 Å². The van der Waals surface area contributed by atoms with Gasteiger partial charge in [0.05, 0.1) is 22.5 Å². The summed E-state index contributed by atoms with van der Waals surface area (Å²) in [5.41, 5.74) is 2.09. The smallest absolute Gasteiger partial charge is 0.295 e. The van der Waals surface area contributed by atoms with E-state index in [1.165, 1.54) is 27.3 Å². The fourth-order valence-corrected chi connectivity index (χ4v) is 4.30. The fraction of sp³-hybridized carbons (Fsp3) is 0.150. The molecule has 6 nitrogen and oxygen atoms in total. The van der Waals surface area contributed by atoms with E-state index in [1.807, 2.05) is 0 Å². The maximum atomic E-state index is 14.0. The van der Waals surface area contributed by atoms with E-state index in [4.69, 9.17) is 11.6 Å². The molecular formula is C20H15ClFN3O3S. The molecule has 1 aliphatic heterocycles. The van der Waals surface area contributed by atoms with Crippen molar-refractivity contribution in [3.05, 3.63) is 73.8 Å². The molecule has 1 aromatic heterocycles. The maximum absolute atomic E-state index is 14.0. The van der Waals surface area contributed by atoms with Gasteiger partial charge in [-0.05, 0) is 47.7 Å². The molecule has 3 aromatic rings. The molecule has 0 atom stereocenters. The number of rotatable bonds is 3. The van der Waals surface area contributed by atoms with Crippen LogP contribution in [0.1, 0.15) is 11.1 Å². The number of halogens is 2. The van der Waals surface area contributed by atoms with E-state index in [9.17, 15) is 18.8 Å². The summed E-state index contributed by atoms with van der Waals surface area (Å²) in [5, 5.41) is -0.336. The summed E-state index contributed by atoms with van der Waals surface area (Å²) >= 11 is 6.80. The minimum atomic E-state index is -0.573. The number of imide groups is 1. The van der Waals surface area contributed by atoms with Crippen LogP contribution in [0.4, 0.5) is 9.18 Å². The molecule has 0 aliphatic carbocycles. The molecule has 0 spiro atoms. The number of hydrogen-bond donors (Lipinski definition) is 0. The highest BCUT2D eigenvalue weighted by atomic mass is 35.5. The van der Waals surface area contributed by atoms with Crippen molar-refractivity contribution >= 4 is 51.6 Å². The Bertz CT molecular complexity index is 1260. The highest BCUT2D eigenvalue weighted by Crippen LogP contribution is 2.34. The van der Waals surface area contributed by atoms with Crippen molar-refractivity contribution in [3.63, 3.8) is 0 Å². The second kappa shape index (κ2) is 7.20. The van der Waals surface area contributed by atoms with Crippen molar-refractivity contribution < 1.29 is 14.0 Å². The zero-order chi connectivity index (χ0) is 20.9. The van der Waals surface area contributed by atoms with Crippen molar-refractivity contribution in [2.75, 3.05) is 0 Å². The number of hydrogen-bond acceptors (Lipinski definition) is 4. The average molecular weight is 432 g/mol. The molecular weight excluding hydrogens is 417 g/mol. The number of fused-ring (bicyclic) bond motifs is 1. The number of carbonyl (C=O) groups excluding carboxylic acids is 2. The van der Waals surface area contributed by atoms with Gasteiger partial charge in [0, 0.05) is 24.7 Å². The summed E-state index contributed by atoms with van der Waals surface area (Å²) < 4.78 is 17.1. The Kier molecular flexibility index (Phi) is 4.84. The number of imidazole rings is 1. The molecule has 2 aromatic carbocycles. The first-order chi connectivity index (χ1) is 13.8. The largest absolute Gasteiger partial charge is 0.328 e. The van der Waals surface area contributed by atoms with Gasteiger partial charge in [0.2, 0.25) is 0 Å². The van der Waals surface area contributed by atoms with Crippen molar-refractivity contribution in [1.82, 2.24) is 14.0 Å². The predicted octanol–water partition coefficient (Wildman–Crippen LogP) is 3.91. The summed E-state index contributed by atoms with van der Waals surface area (Å²) in [6.45, 7) is -0.236. The van der Waals surface area contributed by atoms with E-state index in [0.29, 0.717) is 11.1 Å². The molecule has 148 valence electrons. The number of aromatic nitrogens is 2. The molecule has 0 saturated carbocycles. The summed E-state index contributed by atoms with van der Waals surface area (Å²) in [5.74, 6) is -1.09. The first-order valence-corrected chi connectivity index (χ1v) is 9.81. The van der Waals surface area contributed by atoms with Gasteiger partial charge in [-0.25, -0.2) is 9.18 Å². The molecule has 29 heavy (non-hydrogen) atoms. The monoisotopic (exact) mass is 431 g/mol. The Labute approximate surface area is 174 Å². The number of benzene rings is 2.